The first kappa shape index (κ1) is 5.51. The van der Waals surface area contributed by atoms with Crippen molar-refractivity contribution in [2.75, 3.05) is 13.2 Å². The second-order valence-corrected chi connectivity index (χ2v) is 1.97. The molecule has 0 atom stereocenters. The largest absolute Gasteiger partial charge is 0.447 e. The van der Waals surface area contributed by atoms with Crippen molar-refractivity contribution in [1.29, 1.82) is 0 Å². The summed E-state index contributed by atoms with van der Waals surface area (Å²) in [5.74, 6) is 0. The number of amides is 1. The Labute approximate surface area is 47.7 Å². The van der Waals surface area contributed by atoms with E-state index in [1.54, 1.807) is 0 Å². The van der Waals surface area contributed by atoms with Gasteiger partial charge in [-0.3, -0.25) is 0 Å². The molecule has 0 bridgehead atoms. The highest BCUT2D eigenvalue weighted by molar-refractivity contribution is 7.21. The van der Waals surface area contributed by atoms with Gasteiger partial charge in [0.25, 0.3) is 8.61 Å². The highest BCUT2D eigenvalue weighted by atomic mass is 31.1. The quantitative estimate of drug-likeness (QED) is 0.493. The fourth-order valence-electron chi connectivity index (χ4n) is 0.459. The van der Waals surface area contributed by atoms with E-state index in [1.807, 2.05) is 0 Å². The van der Waals surface area contributed by atoms with Crippen LogP contribution < -0.4 is 0 Å². The summed E-state index contributed by atoms with van der Waals surface area (Å²) >= 11 is 0. The molecule has 1 rings (SSSR count). The minimum absolute atomic E-state index is 0.275. The molecule has 4 nitrogen and oxygen atoms in total. The number of hydrogen-bond donors (Lipinski definition) is 0. The second kappa shape index (κ2) is 2.09. The fourth-order valence-corrected chi connectivity index (χ4v) is 0.747. The molecule has 0 aliphatic carbocycles. The smallest absolute Gasteiger partial charge is 0.419 e. The highest BCUT2D eigenvalue weighted by Crippen LogP contribution is 2.11. The molecule has 8 heavy (non-hydrogen) atoms. The maximum Gasteiger partial charge on any atom is 0.419 e. The maximum absolute atomic E-state index is 10.3. The van der Waals surface area contributed by atoms with Crippen LogP contribution in [0.15, 0.2) is 0 Å². The molecule has 0 aromatic carbocycles. The molecule has 1 aliphatic heterocycles. The van der Waals surface area contributed by atoms with Gasteiger partial charge in [-0.2, -0.15) is 0 Å². The third kappa shape index (κ3) is 0.793. The fraction of sp³-hybridized carbons (Fsp3) is 0.667. The summed E-state index contributed by atoms with van der Waals surface area (Å²) in [5.41, 5.74) is 0. The zero-order valence-corrected chi connectivity index (χ0v) is 4.93. The lowest BCUT2D eigenvalue weighted by molar-refractivity contribution is 0.170. The van der Waals surface area contributed by atoms with E-state index in [0.29, 0.717) is 13.2 Å². The van der Waals surface area contributed by atoms with Crippen molar-refractivity contribution in [2.24, 2.45) is 0 Å². The summed E-state index contributed by atoms with van der Waals surface area (Å²) in [7, 11) is -0.275. The van der Waals surface area contributed by atoms with Crippen molar-refractivity contribution in [3.63, 3.8) is 0 Å². The van der Waals surface area contributed by atoms with E-state index in [0.717, 1.165) is 4.67 Å². The summed E-state index contributed by atoms with van der Waals surface area (Å²) < 4.78 is 15.5. The zero-order chi connectivity index (χ0) is 5.98. The Morgan fingerprint density at radius 3 is 2.75 bits per heavy atom. The van der Waals surface area contributed by atoms with Gasteiger partial charge in [0.2, 0.25) is 0 Å². The van der Waals surface area contributed by atoms with Crippen LogP contribution in [0.1, 0.15) is 0 Å². The molecule has 0 N–H and O–H groups in total. The Hall–Kier alpha value is -0.630. The Bertz CT molecular complexity index is 126. The molecule has 0 radical (unpaired) electrons. The zero-order valence-electron chi connectivity index (χ0n) is 4.03. The van der Waals surface area contributed by atoms with Gasteiger partial charge in [0.05, 0.1) is 6.54 Å². The Morgan fingerprint density at radius 1 is 1.75 bits per heavy atom. The first-order valence-electron chi connectivity index (χ1n) is 2.12. The highest BCUT2D eigenvalue weighted by Gasteiger charge is 2.21. The number of ether oxygens (including phenoxy) is 1. The van der Waals surface area contributed by atoms with Gasteiger partial charge in [0, 0.05) is 0 Å². The van der Waals surface area contributed by atoms with Crippen LogP contribution in [0.3, 0.4) is 0 Å². The molecule has 0 aromatic rings. The molecule has 1 amide bonds. The first-order chi connectivity index (χ1) is 3.84. The average molecular weight is 133 g/mol. The molecule has 0 aromatic heterocycles. The lowest BCUT2D eigenvalue weighted by Gasteiger charge is -1.94. The molecular formula is C3H4NO3P. The third-order valence-electron chi connectivity index (χ3n) is 0.838. The van der Waals surface area contributed by atoms with Gasteiger partial charge in [0.1, 0.15) is 6.61 Å². The van der Waals surface area contributed by atoms with Crippen LogP contribution in [0.25, 0.3) is 0 Å². The van der Waals surface area contributed by atoms with Crippen molar-refractivity contribution in [3.05, 3.63) is 0 Å². The first-order valence-corrected chi connectivity index (χ1v) is 2.88. The van der Waals surface area contributed by atoms with Crippen molar-refractivity contribution >= 4 is 14.7 Å². The van der Waals surface area contributed by atoms with Gasteiger partial charge < -0.3 is 4.74 Å². The molecular weight excluding hydrogens is 129 g/mol. The molecule has 44 valence electrons. The van der Waals surface area contributed by atoms with Crippen LogP contribution in [0, 0.1) is 0 Å². The molecule has 1 fully saturated rings. The Balaban J connectivity index is 2.54. The van der Waals surface area contributed by atoms with E-state index in [4.69, 9.17) is 0 Å². The number of carbonyl (C=O) groups excluding carboxylic acids is 1. The number of hydrogen-bond acceptors (Lipinski definition) is 3. The van der Waals surface area contributed by atoms with Crippen LogP contribution >= 0.6 is 8.61 Å². The summed E-state index contributed by atoms with van der Waals surface area (Å²) in [6, 6.07) is 0. The molecule has 5 heteroatoms. The molecule has 0 spiro atoms. The van der Waals surface area contributed by atoms with Crippen molar-refractivity contribution in [3.8, 4) is 0 Å². The van der Waals surface area contributed by atoms with Crippen molar-refractivity contribution in [1.82, 2.24) is 4.67 Å². The maximum atomic E-state index is 10.3. The molecule has 1 heterocycles. The lowest BCUT2D eigenvalue weighted by Crippen LogP contribution is -2.10. The Morgan fingerprint density at radius 2 is 2.50 bits per heavy atom. The van der Waals surface area contributed by atoms with Gasteiger partial charge in [-0.1, -0.05) is 0 Å². The predicted octanol–water partition coefficient (Wildman–Crippen LogP) is 0.645. The lowest BCUT2D eigenvalue weighted by atomic mass is 10.7. The minimum atomic E-state index is -0.498. The van der Waals surface area contributed by atoms with E-state index in [-0.39, 0.29) is 8.61 Å². The monoisotopic (exact) mass is 133 g/mol. The number of cyclic esters (lactones) is 1. The van der Waals surface area contributed by atoms with E-state index in [9.17, 15) is 9.36 Å². The summed E-state index contributed by atoms with van der Waals surface area (Å²) in [6.07, 6.45) is -0.498. The van der Waals surface area contributed by atoms with Crippen molar-refractivity contribution in [2.45, 2.75) is 0 Å². The Kier molecular flexibility index (Phi) is 1.44. The van der Waals surface area contributed by atoms with E-state index in [2.05, 4.69) is 4.74 Å². The minimum Gasteiger partial charge on any atom is -0.447 e. The van der Waals surface area contributed by atoms with Crippen molar-refractivity contribution < 1.29 is 14.1 Å². The van der Waals surface area contributed by atoms with E-state index >= 15 is 0 Å². The van der Waals surface area contributed by atoms with Gasteiger partial charge in [-0.15, -0.1) is 0 Å². The standard InChI is InChI=1S/C3H4NO3P/c5-3-4(8-6)1-2-7-3/h1-2H2. The number of nitrogens with zero attached hydrogens (tertiary/aromatic N) is 1. The van der Waals surface area contributed by atoms with E-state index in [1.165, 1.54) is 0 Å². The normalized spacial score (nSPS) is 19.5. The van der Waals surface area contributed by atoms with Crippen LogP contribution in [0.5, 0.6) is 0 Å². The average Bonchev–Trinajstić information content (AvgIpc) is 2.14. The van der Waals surface area contributed by atoms with Gasteiger partial charge in [-0.05, 0) is 0 Å². The topological polar surface area (TPSA) is 46.6 Å². The molecule has 0 unspecified atom stereocenters. The summed E-state index contributed by atoms with van der Waals surface area (Å²) in [4.78, 5) is 10.3. The van der Waals surface area contributed by atoms with E-state index < -0.39 is 6.09 Å². The van der Waals surface area contributed by atoms with Crippen LogP contribution in [-0.2, 0) is 9.30 Å². The number of rotatable bonds is 1. The third-order valence-corrected chi connectivity index (χ3v) is 1.40. The predicted molar refractivity (Wildman–Crippen MR) is 25.7 cm³/mol. The van der Waals surface area contributed by atoms with Crippen LogP contribution in [0.2, 0.25) is 0 Å². The molecule has 1 saturated heterocycles. The molecule has 0 saturated carbocycles. The summed E-state index contributed by atoms with van der Waals surface area (Å²) in [6.45, 7) is 0.790. The molecule has 1 aliphatic rings. The van der Waals surface area contributed by atoms with Gasteiger partial charge >= 0.3 is 6.09 Å². The van der Waals surface area contributed by atoms with Crippen LogP contribution in [-0.4, -0.2) is 23.9 Å². The van der Waals surface area contributed by atoms with Gasteiger partial charge in [-0.25, -0.2) is 14.0 Å². The number of carbonyl (C=O) groups is 1. The second-order valence-electron chi connectivity index (χ2n) is 1.32. The summed E-state index contributed by atoms with van der Waals surface area (Å²) in [5, 5.41) is 0. The van der Waals surface area contributed by atoms with Crippen LogP contribution in [0.4, 0.5) is 4.79 Å². The SMILES string of the molecule is O=PN1CCOC1=O. The van der Waals surface area contributed by atoms with Gasteiger partial charge in [0.15, 0.2) is 0 Å².